The molecule has 0 amide bonds. The van der Waals surface area contributed by atoms with Crippen molar-refractivity contribution in [3.05, 3.63) is 48.0 Å². The fourth-order valence-corrected chi connectivity index (χ4v) is 0.788. The first kappa shape index (κ1) is 10.1. The van der Waals surface area contributed by atoms with Gasteiger partial charge < -0.3 is 4.74 Å². The van der Waals surface area contributed by atoms with E-state index in [0.717, 1.165) is 12.1 Å². The summed E-state index contributed by atoms with van der Waals surface area (Å²) in [6.07, 6.45) is 0.321. The standard InChI is InChI=1S/C10H7FO3/c1-7(6-12)14-10(13)8-2-4-9(11)5-3-8/h2-6H,1H2. The van der Waals surface area contributed by atoms with E-state index in [4.69, 9.17) is 0 Å². The van der Waals surface area contributed by atoms with Gasteiger partial charge >= 0.3 is 5.97 Å². The number of carbonyl (C=O) groups is 2. The molecule has 0 heterocycles. The number of rotatable bonds is 3. The van der Waals surface area contributed by atoms with Gasteiger partial charge in [0, 0.05) is 0 Å². The van der Waals surface area contributed by atoms with Gasteiger partial charge in [0.1, 0.15) is 5.82 Å². The molecule has 0 saturated carbocycles. The van der Waals surface area contributed by atoms with E-state index in [1.54, 1.807) is 0 Å². The highest BCUT2D eigenvalue weighted by atomic mass is 19.1. The van der Waals surface area contributed by atoms with E-state index in [0.29, 0.717) is 6.29 Å². The third-order valence-electron chi connectivity index (χ3n) is 1.44. The summed E-state index contributed by atoms with van der Waals surface area (Å²) in [6, 6.07) is 4.77. The predicted molar refractivity (Wildman–Crippen MR) is 47.0 cm³/mol. The van der Waals surface area contributed by atoms with Crippen molar-refractivity contribution in [2.24, 2.45) is 0 Å². The van der Waals surface area contributed by atoms with Crippen LogP contribution in [0.2, 0.25) is 0 Å². The summed E-state index contributed by atoms with van der Waals surface area (Å²) in [5.41, 5.74) is 0.161. The predicted octanol–water partition coefficient (Wildman–Crippen LogP) is 1.70. The largest absolute Gasteiger partial charge is 0.420 e. The molecule has 0 spiro atoms. The topological polar surface area (TPSA) is 43.4 Å². The Labute approximate surface area is 79.8 Å². The summed E-state index contributed by atoms with van der Waals surface area (Å²) in [7, 11) is 0. The van der Waals surface area contributed by atoms with E-state index < -0.39 is 11.8 Å². The number of ether oxygens (including phenoxy) is 1. The molecule has 0 radical (unpaired) electrons. The lowest BCUT2D eigenvalue weighted by molar-refractivity contribution is -0.107. The van der Waals surface area contributed by atoms with Gasteiger partial charge in [-0.05, 0) is 24.3 Å². The van der Waals surface area contributed by atoms with E-state index in [2.05, 4.69) is 11.3 Å². The monoisotopic (exact) mass is 194 g/mol. The van der Waals surface area contributed by atoms with Crippen LogP contribution in [-0.4, -0.2) is 12.3 Å². The van der Waals surface area contributed by atoms with Crippen molar-refractivity contribution in [1.29, 1.82) is 0 Å². The van der Waals surface area contributed by atoms with Crippen LogP contribution in [0.3, 0.4) is 0 Å². The molecule has 0 bridgehead atoms. The van der Waals surface area contributed by atoms with Gasteiger partial charge in [-0.2, -0.15) is 0 Å². The molecule has 72 valence electrons. The Morgan fingerprint density at radius 3 is 2.43 bits per heavy atom. The van der Waals surface area contributed by atoms with Gasteiger partial charge in [0.15, 0.2) is 12.0 Å². The summed E-state index contributed by atoms with van der Waals surface area (Å²) in [4.78, 5) is 21.2. The normalized spacial score (nSPS) is 9.21. The molecule has 0 unspecified atom stereocenters. The lowest BCUT2D eigenvalue weighted by Gasteiger charge is -2.01. The van der Waals surface area contributed by atoms with Crippen molar-refractivity contribution in [1.82, 2.24) is 0 Å². The van der Waals surface area contributed by atoms with Gasteiger partial charge in [0.25, 0.3) is 0 Å². The van der Waals surface area contributed by atoms with Crippen molar-refractivity contribution in [2.75, 3.05) is 0 Å². The SMILES string of the molecule is C=C(C=O)OC(=O)c1ccc(F)cc1. The van der Waals surface area contributed by atoms with Gasteiger partial charge in [-0.3, -0.25) is 4.79 Å². The zero-order valence-corrected chi connectivity index (χ0v) is 7.20. The zero-order valence-electron chi connectivity index (χ0n) is 7.20. The highest BCUT2D eigenvalue weighted by molar-refractivity contribution is 5.92. The minimum Gasteiger partial charge on any atom is -0.420 e. The molecule has 4 heteroatoms. The summed E-state index contributed by atoms with van der Waals surface area (Å²) in [5, 5.41) is 0. The molecule has 0 aromatic heterocycles. The molecule has 3 nitrogen and oxygen atoms in total. The molecule has 0 N–H and O–H groups in total. The lowest BCUT2D eigenvalue weighted by atomic mass is 10.2. The molecule has 1 aromatic rings. The molecule has 0 saturated heterocycles. The summed E-state index contributed by atoms with van der Waals surface area (Å²) >= 11 is 0. The van der Waals surface area contributed by atoms with Gasteiger partial charge in [-0.1, -0.05) is 6.58 Å². The molecule has 0 fully saturated rings. The van der Waals surface area contributed by atoms with Gasteiger partial charge in [0.2, 0.25) is 0 Å². The first-order valence-electron chi connectivity index (χ1n) is 3.75. The maximum Gasteiger partial charge on any atom is 0.343 e. The Kier molecular flexibility index (Phi) is 3.12. The van der Waals surface area contributed by atoms with E-state index in [9.17, 15) is 14.0 Å². The average Bonchev–Trinajstić information content (AvgIpc) is 2.18. The number of hydrogen-bond donors (Lipinski definition) is 0. The molecular weight excluding hydrogens is 187 g/mol. The molecular formula is C10H7FO3. The van der Waals surface area contributed by atoms with Crippen LogP contribution in [0.5, 0.6) is 0 Å². The summed E-state index contributed by atoms with van der Waals surface area (Å²) < 4.78 is 17.0. The van der Waals surface area contributed by atoms with Crippen LogP contribution in [0.1, 0.15) is 10.4 Å². The maximum absolute atomic E-state index is 12.5. The second-order valence-corrected chi connectivity index (χ2v) is 2.48. The Balaban J connectivity index is 2.75. The number of carbonyl (C=O) groups excluding carboxylic acids is 2. The average molecular weight is 194 g/mol. The third-order valence-corrected chi connectivity index (χ3v) is 1.44. The third kappa shape index (κ3) is 2.52. The second-order valence-electron chi connectivity index (χ2n) is 2.48. The molecule has 1 rings (SSSR count). The number of halogens is 1. The van der Waals surface area contributed by atoms with Gasteiger partial charge in [0.05, 0.1) is 5.56 Å². The van der Waals surface area contributed by atoms with E-state index in [-0.39, 0.29) is 11.3 Å². The molecule has 0 aliphatic heterocycles. The van der Waals surface area contributed by atoms with Crippen LogP contribution in [0.4, 0.5) is 4.39 Å². The molecule has 0 aliphatic carbocycles. The number of esters is 1. The van der Waals surface area contributed by atoms with Crippen molar-refractivity contribution in [2.45, 2.75) is 0 Å². The van der Waals surface area contributed by atoms with E-state index in [1.807, 2.05) is 0 Å². The quantitative estimate of drug-likeness (QED) is 0.318. The lowest BCUT2D eigenvalue weighted by Crippen LogP contribution is -2.04. The van der Waals surface area contributed by atoms with Crippen molar-refractivity contribution in [3.63, 3.8) is 0 Å². The van der Waals surface area contributed by atoms with Crippen molar-refractivity contribution < 1.29 is 18.7 Å². The number of allylic oxidation sites excluding steroid dienone is 1. The number of aldehydes is 1. The first-order chi connectivity index (χ1) is 6.63. The van der Waals surface area contributed by atoms with Crippen LogP contribution in [-0.2, 0) is 9.53 Å². The van der Waals surface area contributed by atoms with Crippen molar-refractivity contribution >= 4 is 12.3 Å². The highest BCUT2D eigenvalue weighted by Crippen LogP contribution is 2.05. The Morgan fingerprint density at radius 1 is 1.36 bits per heavy atom. The maximum atomic E-state index is 12.5. The van der Waals surface area contributed by atoms with Crippen molar-refractivity contribution in [3.8, 4) is 0 Å². The summed E-state index contributed by atoms with van der Waals surface area (Å²) in [6.45, 7) is 3.17. The zero-order chi connectivity index (χ0) is 10.6. The Morgan fingerprint density at radius 2 is 1.93 bits per heavy atom. The molecule has 14 heavy (non-hydrogen) atoms. The van der Waals surface area contributed by atoms with Crippen LogP contribution < -0.4 is 0 Å². The minimum absolute atomic E-state index is 0.161. The summed E-state index contributed by atoms with van der Waals surface area (Å²) in [5.74, 6) is -1.46. The van der Waals surface area contributed by atoms with Crippen LogP contribution in [0, 0.1) is 5.82 Å². The smallest absolute Gasteiger partial charge is 0.343 e. The fraction of sp³-hybridized carbons (Fsp3) is 0. The second kappa shape index (κ2) is 4.32. The number of benzene rings is 1. The molecule has 1 aromatic carbocycles. The van der Waals surface area contributed by atoms with E-state index in [1.165, 1.54) is 12.1 Å². The Bertz CT molecular complexity index is 367. The fourth-order valence-electron chi connectivity index (χ4n) is 0.788. The first-order valence-corrected chi connectivity index (χ1v) is 3.75. The Hall–Kier alpha value is -1.97. The van der Waals surface area contributed by atoms with Gasteiger partial charge in [-0.15, -0.1) is 0 Å². The van der Waals surface area contributed by atoms with Crippen LogP contribution in [0.25, 0.3) is 0 Å². The molecule has 0 atom stereocenters. The van der Waals surface area contributed by atoms with Crippen LogP contribution >= 0.6 is 0 Å². The van der Waals surface area contributed by atoms with Crippen LogP contribution in [0.15, 0.2) is 36.6 Å². The molecule has 0 aliphatic rings. The van der Waals surface area contributed by atoms with Gasteiger partial charge in [-0.25, -0.2) is 9.18 Å². The minimum atomic E-state index is -0.734. The highest BCUT2D eigenvalue weighted by Gasteiger charge is 2.08. The number of hydrogen-bond acceptors (Lipinski definition) is 3. The van der Waals surface area contributed by atoms with E-state index >= 15 is 0 Å².